The van der Waals surface area contributed by atoms with Gasteiger partial charge in [0, 0.05) is 54.7 Å². The largest absolute Gasteiger partial charge is 0.352 e. The number of aromatic nitrogens is 2. The molecule has 35 heavy (non-hydrogen) atoms. The Morgan fingerprint density at radius 2 is 1.91 bits per heavy atom. The second kappa shape index (κ2) is 9.89. The molecule has 2 aromatic heterocycles. The van der Waals surface area contributed by atoms with E-state index in [1.807, 2.05) is 11.3 Å². The monoisotopic (exact) mass is 493 g/mol. The van der Waals surface area contributed by atoms with Crippen molar-refractivity contribution in [1.82, 2.24) is 14.9 Å². The molecule has 1 aromatic carbocycles. The molecular weight excluding hydrogens is 462 g/mol. The minimum Gasteiger partial charge on any atom is -0.352 e. The second-order valence-corrected chi connectivity index (χ2v) is 10.6. The molecule has 0 spiro atoms. The van der Waals surface area contributed by atoms with E-state index < -0.39 is 4.92 Å². The Morgan fingerprint density at radius 1 is 1.14 bits per heavy atom. The van der Waals surface area contributed by atoms with Crippen LogP contribution in [0, 0.1) is 10.1 Å². The Balaban J connectivity index is 1.43. The van der Waals surface area contributed by atoms with Crippen molar-refractivity contribution in [3.8, 4) is 0 Å². The molecule has 3 heterocycles. The van der Waals surface area contributed by atoms with Gasteiger partial charge in [0.1, 0.15) is 16.5 Å². The zero-order chi connectivity index (χ0) is 24.5. The molecule has 2 aliphatic rings. The van der Waals surface area contributed by atoms with Crippen molar-refractivity contribution in [2.75, 3.05) is 31.1 Å². The molecule has 1 aliphatic heterocycles. The third-order valence-corrected chi connectivity index (χ3v) is 8.47. The molecule has 1 amide bonds. The first-order valence-corrected chi connectivity index (χ1v) is 13.4. The summed E-state index contributed by atoms with van der Waals surface area (Å²) >= 11 is 1.84. The number of aryl methyl sites for hydroxylation is 2. The number of fused-ring (bicyclic) bond motifs is 3. The number of carbonyl (C=O) groups is 1. The summed E-state index contributed by atoms with van der Waals surface area (Å²) in [6.07, 6.45) is 6.90. The summed E-state index contributed by atoms with van der Waals surface area (Å²) in [6.45, 7) is 6.81. The lowest BCUT2D eigenvalue weighted by atomic mass is 10.1. The zero-order valence-corrected chi connectivity index (χ0v) is 21.1. The van der Waals surface area contributed by atoms with Crippen LogP contribution in [-0.2, 0) is 12.8 Å². The van der Waals surface area contributed by atoms with Crippen molar-refractivity contribution in [2.45, 2.75) is 58.3 Å². The van der Waals surface area contributed by atoms with E-state index in [2.05, 4.69) is 18.7 Å². The van der Waals surface area contributed by atoms with Crippen LogP contribution >= 0.6 is 11.3 Å². The second-order valence-electron chi connectivity index (χ2n) is 9.55. The predicted molar refractivity (Wildman–Crippen MR) is 139 cm³/mol. The molecule has 8 nitrogen and oxygen atoms in total. The normalized spacial score (nSPS) is 17.2. The number of carbonyl (C=O) groups excluding carboxylic acids is 1. The number of nitro groups is 1. The molecule has 1 aliphatic carbocycles. The quantitative estimate of drug-likeness (QED) is 0.270. The number of nitrogens with zero attached hydrogens (tertiary/aromatic N) is 5. The van der Waals surface area contributed by atoms with Crippen LogP contribution < -0.4 is 4.90 Å². The van der Waals surface area contributed by atoms with Gasteiger partial charge in [0.15, 0.2) is 0 Å². The van der Waals surface area contributed by atoms with Crippen LogP contribution in [0.2, 0.25) is 0 Å². The number of benzene rings is 1. The first-order valence-electron chi connectivity index (χ1n) is 12.6. The standard InChI is InChI=1S/C26H31N5O3S/c1-3-17(2)23-27-24(22-20-10-5-4-6-11-21(20)35-25(22)28-23)29-12-14-30(15-13-29)26(32)18-8-7-9-19(16-18)31(33)34/h7-9,16-17H,3-6,10-15H2,1-2H3/t17-/m1/s1. The predicted octanol–water partition coefficient (Wildman–Crippen LogP) is 5.34. The van der Waals surface area contributed by atoms with Gasteiger partial charge in [-0.2, -0.15) is 0 Å². The van der Waals surface area contributed by atoms with Gasteiger partial charge in [-0.3, -0.25) is 14.9 Å². The number of hydrogen-bond donors (Lipinski definition) is 0. The van der Waals surface area contributed by atoms with Gasteiger partial charge in [-0.05, 0) is 43.7 Å². The Kier molecular flexibility index (Phi) is 6.69. The number of anilines is 1. The van der Waals surface area contributed by atoms with E-state index >= 15 is 0 Å². The number of thiophene rings is 1. The van der Waals surface area contributed by atoms with E-state index in [0.29, 0.717) is 31.7 Å². The summed E-state index contributed by atoms with van der Waals surface area (Å²) in [5.74, 6) is 2.05. The van der Waals surface area contributed by atoms with Crippen LogP contribution in [0.3, 0.4) is 0 Å². The SMILES string of the molecule is CC[C@@H](C)c1nc(N2CCN(C(=O)c3cccc([N+](=O)[O-])c3)CC2)c2c3c(sc2n1)CCCCC3. The average Bonchev–Trinajstić information content (AvgIpc) is 3.08. The molecule has 0 radical (unpaired) electrons. The summed E-state index contributed by atoms with van der Waals surface area (Å²) in [4.78, 5) is 40.5. The number of piperazine rings is 1. The Bertz CT molecular complexity index is 1270. The van der Waals surface area contributed by atoms with Gasteiger partial charge in [-0.15, -0.1) is 11.3 Å². The first kappa shape index (κ1) is 23.7. The highest BCUT2D eigenvalue weighted by molar-refractivity contribution is 7.19. The molecule has 1 fully saturated rings. The lowest BCUT2D eigenvalue weighted by molar-refractivity contribution is -0.384. The first-order chi connectivity index (χ1) is 17.0. The number of non-ortho nitro benzene ring substituents is 1. The molecule has 9 heteroatoms. The maximum absolute atomic E-state index is 13.1. The Morgan fingerprint density at radius 3 is 2.66 bits per heavy atom. The fraction of sp³-hybridized carbons (Fsp3) is 0.500. The van der Waals surface area contributed by atoms with Crippen LogP contribution in [0.1, 0.15) is 72.1 Å². The van der Waals surface area contributed by atoms with Gasteiger partial charge in [0.25, 0.3) is 11.6 Å². The summed E-state index contributed by atoms with van der Waals surface area (Å²) in [6, 6.07) is 5.99. The summed E-state index contributed by atoms with van der Waals surface area (Å²) in [7, 11) is 0. The van der Waals surface area contributed by atoms with E-state index in [4.69, 9.17) is 9.97 Å². The molecule has 0 N–H and O–H groups in total. The highest BCUT2D eigenvalue weighted by Gasteiger charge is 2.28. The van der Waals surface area contributed by atoms with Gasteiger partial charge in [-0.25, -0.2) is 9.97 Å². The molecule has 0 bridgehead atoms. The van der Waals surface area contributed by atoms with Crippen LogP contribution in [0.15, 0.2) is 24.3 Å². The van der Waals surface area contributed by atoms with Crippen molar-refractivity contribution >= 4 is 39.0 Å². The molecule has 5 rings (SSSR count). The molecule has 0 saturated carbocycles. The van der Waals surface area contributed by atoms with Crippen molar-refractivity contribution in [3.05, 3.63) is 56.2 Å². The molecule has 184 valence electrons. The van der Waals surface area contributed by atoms with Crippen molar-refractivity contribution in [1.29, 1.82) is 0 Å². The lowest BCUT2D eigenvalue weighted by Crippen LogP contribution is -2.49. The summed E-state index contributed by atoms with van der Waals surface area (Å²) in [5, 5.41) is 12.3. The third-order valence-electron chi connectivity index (χ3n) is 7.29. The lowest BCUT2D eigenvalue weighted by Gasteiger charge is -2.36. The van der Waals surface area contributed by atoms with E-state index in [-0.39, 0.29) is 17.5 Å². The van der Waals surface area contributed by atoms with Gasteiger partial charge >= 0.3 is 0 Å². The molecule has 1 saturated heterocycles. The van der Waals surface area contributed by atoms with E-state index in [0.717, 1.165) is 35.7 Å². The van der Waals surface area contributed by atoms with Crippen LogP contribution in [-0.4, -0.2) is 51.9 Å². The third kappa shape index (κ3) is 4.61. The Labute approximate surface area is 209 Å². The van der Waals surface area contributed by atoms with Crippen LogP contribution in [0.4, 0.5) is 11.5 Å². The van der Waals surface area contributed by atoms with Gasteiger partial charge in [0.2, 0.25) is 0 Å². The van der Waals surface area contributed by atoms with Crippen LogP contribution in [0.5, 0.6) is 0 Å². The topological polar surface area (TPSA) is 92.5 Å². The maximum atomic E-state index is 13.1. The molecule has 0 unspecified atom stereocenters. The number of amides is 1. The van der Waals surface area contributed by atoms with Gasteiger partial charge in [-0.1, -0.05) is 26.3 Å². The van der Waals surface area contributed by atoms with Crippen LogP contribution in [0.25, 0.3) is 10.2 Å². The Hall–Kier alpha value is -3.07. The van der Waals surface area contributed by atoms with Crippen molar-refractivity contribution < 1.29 is 9.72 Å². The molecule has 3 aromatic rings. The van der Waals surface area contributed by atoms with Gasteiger partial charge in [0.05, 0.1) is 10.3 Å². The fourth-order valence-corrected chi connectivity index (χ4v) is 6.28. The molecule has 1 atom stereocenters. The zero-order valence-electron chi connectivity index (χ0n) is 20.3. The minimum atomic E-state index is -0.465. The summed E-state index contributed by atoms with van der Waals surface area (Å²) in [5.41, 5.74) is 1.73. The highest BCUT2D eigenvalue weighted by Crippen LogP contribution is 2.40. The minimum absolute atomic E-state index is 0.0615. The summed E-state index contributed by atoms with van der Waals surface area (Å²) < 4.78 is 0. The smallest absolute Gasteiger partial charge is 0.270 e. The number of rotatable bonds is 5. The van der Waals surface area contributed by atoms with E-state index in [9.17, 15) is 14.9 Å². The fourth-order valence-electron chi connectivity index (χ4n) is 5.02. The maximum Gasteiger partial charge on any atom is 0.270 e. The number of hydrogen-bond acceptors (Lipinski definition) is 7. The van der Waals surface area contributed by atoms with E-state index in [1.165, 1.54) is 47.2 Å². The van der Waals surface area contributed by atoms with Crippen molar-refractivity contribution in [3.63, 3.8) is 0 Å². The van der Waals surface area contributed by atoms with Crippen molar-refractivity contribution in [2.24, 2.45) is 0 Å². The number of nitro benzene ring substituents is 1. The van der Waals surface area contributed by atoms with Gasteiger partial charge < -0.3 is 9.80 Å². The molecular formula is C26H31N5O3S. The average molecular weight is 494 g/mol. The highest BCUT2D eigenvalue weighted by atomic mass is 32.1. The van der Waals surface area contributed by atoms with E-state index in [1.54, 1.807) is 17.0 Å².